The molecule has 2 aromatic carbocycles. The molecule has 2 aromatic rings. The van der Waals surface area contributed by atoms with E-state index in [1.807, 2.05) is 0 Å². The first-order chi connectivity index (χ1) is 18.1. The van der Waals surface area contributed by atoms with Crippen LogP contribution in [0.3, 0.4) is 0 Å². The third-order valence-electron chi connectivity index (χ3n) is 9.53. The standard InChI is InChI=1S/C30H35FN4O2/c31-22-7-10-27-24(16-22)30(29(36)32-27)17-25(30)21-6-8-23-26(33-34-28(23)15-21)9-5-19-1-3-20(4-2-19)18-35-11-13-37-14-12-35/h1-5,7,9-10,16,21,23,25-26,28,33-34H,6,8,11-15,17-18H2,(H,32,36)/b9-5+/t21?,23?,25?,26?,28?,30-/m0/s1. The molecule has 3 N–H and O–H groups in total. The highest BCUT2D eigenvalue weighted by Crippen LogP contribution is 2.65. The minimum absolute atomic E-state index is 0.0644. The second-order valence-electron chi connectivity index (χ2n) is 11.6. The minimum Gasteiger partial charge on any atom is -0.379 e. The molecule has 37 heavy (non-hydrogen) atoms. The highest BCUT2D eigenvalue weighted by molar-refractivity contribution is 6.08. The normalized spacial score (nSPS) is 35.1. The van der Waals surface area contributed by atoms with Crippen molar-refractivity contribution in [1.82, 2.24) is 15.8 Å². The van der Waals surface area contributed by atoms with Crippen molar-refractivity contribution >= 4 is 17.7 Å². The summed E-state index contributed by atoms with van der Waals surface area (Å²) in [6.07, 6.45) is 8.69. The summed E-state index contributed by atoms with van der Waals surface area (Å²) >= 11 is 0. The van der Waals surface area contributed by atoms with Gasteiger partial charge in [-0.05, 0) is 78.3 Å². The molecule has 0 bridgehead atoms. The quantitative estimate of drug-likeness (QED) is 0.580. The number of amides is 1. The molecule has 2 saturated carbocycles. The number of ether oxygens (including phenoxy) is 1. The second kappa shape index (κ2) is 9.31. The Morgan fingerprint density at radius 2 is 1.92 bits per heavy atom. The van der Waals surface area contributed by atoms with Crippen LogP contribution in [0.4, 0.5) is 10.1 Å². The molecule has 5 unspecified atom stereocenters. The van der Waals surface area contributed by atoms with Gasteiger partial charge in [0.15, 0.2) is 0 Å². The van der Waals surface area contributed by atoms with E-state index >= 15 is 0 Å². The van der Waals surface area contributed by atoms with Crippen LogP contribution in [0, 0.1) is 23.6 Å². The predicted octanol–water partition coefficient (Wildman–Crippen LogP) is 3.84. The van der Waals surface area contributed by atoms with Crippen LogP contribution >= 0.6 is 0 Å². The first-order valence-electron chi connectivity index (χ1n) is 13.8. The Balaban J connectivity index is 0.964. The van der Waals surface area contributed by atoms with Crippen LogP contribution in [-0.2, 0) is 21.5 Å². The molecule has 0 aromatic heterocycles. The molecule has 2 aliphatic carbocycles. The summed E-state index contributed by atoms with van der Waals surface area (Å²) in [5, 5.41) is 3.01. The minimum atomic E-state index is -0.506. The Labute approximate surface area is 217 Å². The maximum Gasteiger partial charge on any atom is 0.235 e. The molecule has 194 valence electrons. The van der Waals surface area contributed by atoms with Gasteiger partial charge in [0.05, 0.1) is 18.6 Å². The van der Waals surface area contributed by atoms with E-state index in [0.29, 0.717) is 29.8 Å². The first-order valence-corrected chi connectivity index (χ1v) is 13.8. The van der Waals surface area contributed by atoms with Gasteiger partial charge in [-0.3, -0.25) is 20.5 Å². The van der Waals surface area contributed by atoms with Crippen molar-refractivity contribution in [3.8, 4) is 0 Å². The fourth-order valence-corrected chi connectivity index (χ4v) is 7.43. The number of hydrogen-bond donors (Lipinski definition) is 3. The topological polar surface area (TPSA) is 65.6 Å². The zero-order valence-electron chi connectivity index (χ0n) is 21.1. The van der Waals surface area contributed by atoms with Gasteiger partial charge in [0.2, 0.25) is 5.91 Å². The van der Waals surface area contributed by atoms with Gasteiger partial charge in [0.1, 0.15) is 5.82 Å². The average Bonchev–Trinajstić information content (AvgIpc) is 3.47. The number of hydrazine groups is 1. The van der Waals surface area contributed by atoms with Crippen LogP contribution in [0.25, 0.3) is 6.08 Å². The fourth-order valence-electron chi connectivity index (χ4n) is 7.43. The van der Waals surface area contributed by atoms with E-state index in [9.17, 15) is 9.18 Å². The Hall–Kier alpha value is -2.58. The molecule has 7 rings (SSSR count). The SMILES string of the molecule is O=C1Nc2ccc(F)cc2[C@]12CC2C1CCC2C(/C=C/c3ccc(CN4CCOCC4)cc3)NNC2C1. The van der Waals surface area contributed by atoms with Gasteiger partial charge in [-0.1, -0.05) is 36.4 Å². The monoisotopic (exact) mass is 502 g/mol. The number of benzene rings is 2. The number of halogens is 1. The van der Waals surface area contributed by atoms with Crippen molar-refractivity contribution in [2.45, 2.75) is 49.7 Å². The van der Waals surface area contributed by atoms with E-state index in [2.05, 4.69) is 57.5 Å². The summed E-state index contributed by atoms with van der Waals surface area (Å²) in [6.45, 7) is 4.66. The molecule has 6 atom stereocenters. The van der Waals surface area contributed by atoms with Crippen LogP contribution in [0.2, 0.25) is 0 Å². The van der Waals surface area contributed by atoms with Crippen LogP contribution in [0.5, 0.6) is 0 Å². The number of fused-ring (bicyclic) bond motifs is 3. The summed E-state index contributed by atoms with van der Waals surface area (Å²) in [4.78, 5) is 15.4. The predicted molar refractivity (Wildman–Crippen MR) is 141 cm³/mol. The number of hydrogen-bond acceptors (Lipinski definition) is 5. The van der Waals surface area contributed by atoms with Gasteiger partial charge < -0.3 is 10.1 Å². The van der Waals surface area contributed by atoms with Crippen molar-refractivity contribution in [2.75, 3.05) is 31.6 Å². The highest BCUT2D eigenvalue weighted by Gasteiger charge is 2.67. The number of rotatable bonds is 5. The summed E-state index contributed by atoms with van der Waals surface area (Å²) in [5.74, 6) is 1.15. The van der Waals surface area contributed by atoms with E-state index in [0.717, 1.165) is 69.8 Å². The van der Waals surface area contributed by atoms with Gasteiger partial charge in [-0.25, -0.2) is 4.39 Å². The Bertz CT molecular complexity index is 1210. The number of nitrogens with zero attached hydrogens (tertiary/aromatic N) is 1. The number of anilines is 1. The molecule has 2 saturated heterocycles. The largest absolute Gasteiger partial charge is 0.379 e. The number of carbonyl (C=O) groups is 1. The van der Waals surface area contributed by atoms with Crippen molar-refractivity contribution in [2.24, 2.45) is 17.8 Å². The van der Waals surface area contributed by atoms with Gasteiger partial charge in [-0.2, -0.15) is 0 Å². The van der Waals surface area contributed by atoms with E-state index in [1.165, 1.54) is 17.2 Å². The van der Waals surface area contributed by atoms with Gasteiger partial charge in [0, 0.05) is 37.4 Å². The fraction of sp³-hybridized carbons (Fsp3) is 0.500. The maximum absolute atomic E-state index is 14.0. The first kappa shape index (κ1) is 23.5. The van der Waals surface area contributed by atoms with Gasteiger partial charge in [-0.15, -0.1) is 0 Å². The zero-order valence-corrected chi connectivity index (χ0v) is 21.1. The van der Waals surface area contributed by atoms with Crippen LogP contribution in [0.15, 0.2) is 48.5 Å². The van der Waals surface area contributed by atoms with E-state index < -0.39 is 5.41 Å². The van der Waals surface area contributed by atoms with Crippen LogP contribution in [-0.4, -0.2) is 49.2 Å². The van der Waals surface area contributed by atoms with E-state index in [4.69, 9.17) is 4.74 Å². The van der Waals surface area contributed by atoms with Crippen molar-refractivity contribution < 1.29 is 13.9 Å². The lowest BCUT2D eigenvalue weighted by molar-refractivity contribution is -0.118. The third-order valence-corrected chi connectivity index (χ3v) is 9.53. The molecule has 3 aliphatic heterocycles. The smallest absolute Gasteiger partial charge is 0.235 e. The lowest BCUT2D eigenvalue weighted by Crippen LogP contribution is -2.37. The Kier molecular flexibility index (Phi) is 5.92. The molecule has 1 amide bonds. The second-order valence-corrected chi connectivity index (χ2v) is 11.6. The molecular formula is C30H35FN4O2. The van der Waals surface area contributed by atoms with Crippen molar-refractivity contribution in [3.05, 3.63) is 71.0 Å². The third kappa shape index (κ3) is 4.22. The molecule has 4 fully saturated rings. The van der Waals surface area contributed by atoms with Crippen LogP contribution < -0.4 is 16.2 Å². The number of morpholine rings is 1. The van der Waals surface area contributed by atoms with Gasteiger partial charge >= 0.3 is 0 Å². The molecule has 3 heterocycles. The zero-order chi connectivity index (χ0) is 25.0. The average molecular weight is 503 g/mol. The van der Waals surface area contributed by atoms with E-state index in [1.54, 1.807) is 12.1 Å². The lowest BCUT2D eigenvalue weighted by atomic mass is 9.73. The summed E-state index contributed by atoms with van der Waals surface area (Å²) in [6, 6.07) is 14.3. The van der Waals surface area contributed by atoms with Crippen molar-refractivity contribution in [1.29, 1.82) is 0 Å². The number of nitrogens with one attached hydrogen (secondary N) is 3. The highest BCUT2D eigenvalue weighted by atomic mass is 19.1. The van der Waals surface area contributed by atoms with E-state index in [-0.39, 0.29) is 11.7 Å². The summed E-state index contributed by atoms with van der Waals surface area (Å²) in [7, 11) is 0. The van der Waals surface area contributed by atoms with Crippen LogP contribution in [0.1, 0.15) is 42.4 Å². The Morgan fingerprint density at radius 3 is 2.76 bits per heavy atom. The van der Waals surface area contributed by atoms with Crippen molar-refractivity contribution in [3.63, 3.8) is 0 Å². The molecule has 6 nitrogen and oxygen atoms in total. The Morgan fingerprint density at radius 1 is 1.08 bits per heavy atom. The molecular weight excluding hydrogens is 467 g/mol. The molecule has 5 aliphatic rings. The lowest BCUT2D eigenvalue weighted by Gasteiger charge is -2.33. The summed E-state index contributed by atoms with van der Waals surface area (Å²) < 4.78 is 19.4. The molecule has 1 spiro atoms. The molecule has 0 radical (unpaired) electrons. The molecule has 7 heteroatoms. The number of carbonyl (C=O) groups excluding carboxylic acids is 1. The van der Waals surface area contributed by atoms with Gasteiger partial charge in [0.25, 0.3) is 0 Å². The summed E-state index contributed by atoms with van der Waals surface area (Å²) in [5.41, 5.74) is 10.8. The maximum atomic E-state index is 14.0.